The molecule has 1 atom stereocenters. The Morgan fingerprint density at radius 3 is 2.42 bits per heavy atom. The lowest BCUT2D eigenvalue weighted by atomic mass is 9.99. The van der Waals surface area contributed by atoms with E-state index < -0.39 is 0 Å². The zero-order valence-electron chi connectivity index (χ0n) is 12.4. The number of rotatable bonds is 3. The number of hydrogen-bond acceptors (Lipinski definition) is 4. The summed E-state index contributed by atoms with van der Waals surface area (Å²) >= 11 is 0. The average molecular weight is 265 g/mol. The van der Waals surface area contributed by atoms with Crippen LogP contribution in [0.15, 0.2) is 12.1 Å². The summed E-state index contributed by atoms with van der Waals surface area (Å²) in [6.07, 6.45) is -0.00234. The van der Waals surface area contributed by atoms with Crippen LogP contribution in [0.1, 0.15) is 31.1 Å². The molecule has 1 aromatic carbocycles. The van der Waals surface area contributed by atoms with Gasteiger partial charge in [0.25, 0.3) is 0 Å². The summed E-state index contributed by atoms with van der Waals surface area (Å²) in [6, 6.07) is 4.01. The number of aryl methyl sites for hydroxylation is 1. The van der Waals surface area contributed by atoms with Crippen molar-refractivity contribution in [1.29, 1.82) is 0 Å². The van der Waals surface area contributed by atoms with E-state index in [9.17, 15) is 0 Å². The second-order valence-electron chi connectivity index (χ2n) is 5.63. The van der Waals surface area contributed by atoms with E-state index in [1.807, 2.05) is 19.1 Å². The van der Waals surface area contributed by atoms with E-state index in [0.717, 1.165) is 29.2 Å². The van der Waals surface area contributed by atoms with Crippen molar-refractivity contribution < 1.29 is 14.2 Å². The number of ether oxygens (including phenoxy) is 3. The third-order valence-electron chi connectivity index (χ3n) is 3.51. The van der Waals surface area contributed by atoms with Crippen molar-refractivity contribution >= 4 is 0 Å². The molecule has 0 saturated carbocycles. The Hall–Kier alpha value is -1.26. The molecule has 1 heterocycles. The summed E-state index contributed by atoms with van der Waals surface area (Å²) < 4.78 is 16.8. The smallest absolute Gasteiger partial charge is 0.125 e. The second-order valence-corrected chi connectivity index (χ2v) is 5.63. The lowest BCUT2D eigenvalue weighted by Crippen LogP contribution is -2.50. The van der Waals surface area contributed by atoms with Crippen LogP contribution in [0.3, 0.4) is 0 Å². The van der Waals surface area contributed by atoms with Crippen LogP contribution in [0.4, 0.5) is 0 Å². The van der Waals surface area contributed by atoms with Gasteiger partial charge in [-0.2, -0.15) is 0 Å². The van der Waals surface area contributed by atoms with Gasteiger partial charge in [0.1, 0.15) is 11.5 Å². The van der Waals surface area contributed by atoms with Gasteiger partial charge in [0, 0.05) is 17.6 Å². The zero-order chi connectivity index (χ0) is 14.0. The van der Waals surface area contributed by atoms with Crippen LogP contribution < -0.4 is 14.8 Å². The normalized spacial score (nSPS) is 22.1. The molecule has 1 unspecified atom stereocenters. The van der Waals surface area contributed by atoms with Crippen molar-refractivity contribution in [3.8, 4) is 11.5 Å². The van der Waals surface area contributed by atoms with Gasteiger partial charge in [-0.3, -0.25) is 0 Å². The van der Waals surface area contributed by atoms with E-state index in [-0.39, 0.29) is 11.6 Å². The van der Waals surface area contributed by atoms with Crippen molar-refractivity contribution in [3.63, 3.8) is 0 Å². The molecule has 1 saturated heterocycles. The minimum Gasteiger partial charge on any atom is -0.496 e. The molecule has 0 aliphatic carbocycles. The molecular formula is C15H23NO3. The molecule has 106 valence electrons. The maximum absolute atomic E-state index is 5.96. The van der Waals surface area contributed by atoms with Gasteiger partial charge in [0.2, 0.25) is 0 Å². The van der Waals surface area contributed by atoms with Crippen molar-refractivity contribution in [2.75, 3.05) is 27.4 Å². The van der Waals surface area contributed by atoms with Crippen LogP contribution in [-0.2, 0) is 4.74 Å². The Balaban J connectivity index is 2.28. The number of hydrogen-bond donors (Lipinski definition) is 1. The highest BCUT2D eigenvalue weighted by Crippen LogP contribution is 2.35. The van der Waals surface area contributed by atoms with Crippen molar-refractivity contribution in [2.24, 2.45) is 0 Å². The molecule has 2 rings (SSSR count). The maximum Gasteiger partial charge on any atom is 0.125 e. The number of methoxy groups -OCH3 is 2. The largest absolute Gasteiger partial charge is 0.496 e. The summed E-state index contributed by atoms with van der Waals surface area (Å²) in [5.74, 6) is 1.72. The van der Waals surface area contributed by atoms with Gasteiger partial charge in [-0.05, 0) is 38.5 Å². The van der Waals surface area contributed by atoms with Gasteiger partial charge in [-0.25, -0.2) is 0 Å². The fourth-order valence-electron chi connectivity index (χ4n) is 2.31. The quantitative estimate of drug-likeness (QED) is 0.911. The molecule has 0 bridgehead atoms. The first-order valence-corrected chi connectivity index (χ1v) is 6.56. The number of nitrogens with one attached hydrogen (secondary N) is 1. The minimum atomic E-state index is -0.00234. The lowest BCUT2D eigenvalue weighted by molar-refractivity contribution is -0.0239. The predicted octanol–water partition coefficient (Wildman–Crippen LogP) is 2.45. The predicted molar refractivity (Wildman–Crippen MR) is 75.1 cm³/mol. The van der Waals surface area contributed by atoms with E-state index in [2.05, 4.69) is 19.2 Å². The average Bonchev–Trinajstić information content (AvgIpc) is 2.38. The first-order valence-electron chi connectivity index (χ1n) is 6.56. The standard InChI is InChI=1S/C15H23NO3/c1-10-6-13(18-5)11(7-12(10)17-4)14-8-16-15(2,3)9-19-14/h6-7,14,16H,8-9H2,1-5H3. The second kappa shape index (κ2) is 5.39. The van der Waals surface area contributed by atoms with Crippen LogP contribution in [-0.4, -0.2) is 32.9 Å². The van der Waals surface area contributed by atoms with Gasteiger partial charge in [0.05, 0.1) is 26.9 Å². The first kappa shape index (κ1) is 14.2. The summed E-state index contributed by atoms with van der Waals surface area (Å²) in [4.78, 5) is 0. The molecule has 0 spiro atoms. The molecule has 1 aliphatic heterocycles. The Morgan fingerprint density at radius 2 is 1.89 bits per heavy atom. The highest BCUT2D eigenvalue weighted by atomic mass is 16.5. The van der Waals surface area contributed by atoms with E-state index >= 15 is 0 Å². The number of morpholine rings is 1. The molecule has 4 nitrogen and oxygen atoms in total. The van der Waals surface area contributed by atoms with Gasteiger partial charge in [-0.15, -0.1) is 0 Å². The zero-order valence-corrected chi connectivity index (χ0v) is 12.4. The van der Waals surface area contributed by atoms with Gasteiger partial charge < -0.3 is 19.5 Å². The van der Waals surface area contributed by atoms with E-state index in [1.54, 1.807) is 14.2 Å². The summed E-state index contributed by atoms with van der Waals surface area (Å²) in [5.41, 5.74) is 2.12. The topological polar surface area (TPSA) is 39.7 Å². The molecule has 1 aliphatic rings. The summed E-state index contributed by atoms with van der Waals surface area (Å²) in [6.45, 7) is 7.73. The van der Waals surface area contributed by atoms with Crippen molar-refractivity contribution in [2.45, 2.75) is 32.4 Å². The van der Waals surface area contributed by atoms with Gasteiger partial charge >= 0.3 is 0 Å². The van der Waals surface area contributed by atoms with E-state index in [1.165, 1.54) is 0 Å². The van der Waals surface area contributed by atoms with Crippen molar-refractivity contribution in [1.82, 2.24) is 5.32 Å². The molecule has 0 aromatic heterocycles. The van der Waals surface area contributed by atoms with Crippen LogP contribution in [0, 0.1) is 6.92 Å². The Bertz CT molecular complexity index is 447. The monoisotopic (exact) mass is 265 g/mol. The Morgan fingerprint density at radius 1 is 1.21 bits per heavy atom. The molecule has 19 heavy (non-hydrogen) atoms. The molecule has 0 radical (unpaired) electrons. The van der Waals surface area contributed by atoms with Crippen LogP contribution in [0.5, 0.6) is 11.5 Å². The molecular weight excluding hydrogens is 242 g/mol. The molecule has 1 aromatic rings. The fraction of sp³-hybridized carbons (Fsp3) is 0.600. The molecule has 0 amide bonds. The van der Waals surface area contributed by atoms with Gasteiger partial charge in [0.15, 0.2) is 0 Å². The highest BCUT2D eigenvalue weighted by Gasteiger charge is 2.29. The number of benzene rings is 1. The highest BCUT2D eigenvalue weighted by molar-refractivity contribution is 5.47. The molecule has 4 heteroatoms. The molecule has 1 N–H and O–H groups in total. The van der Waals surface area contributed by atoms with Crippen molar-refractivity contribution in [3.05, 3.63) is 23.3 Å². The maximum atomic E-state index is 5.96. The Labute approximate surface area is 115 Å². The van der Waals surface area contributed by atoms with Crippen LogP contribution in [0.25, 0.3) is 0 Å². The van der Waals surface area contributed by atoms with Crippen LogP contribution >= 0.6 is 0 Å². The first-order chi connectivity index (χ1) is 8.96. The van der Waals surface area contributed by atoms with E-state index in [4.69, 9.17) is 14.2 Å². The summed E-state index contributed by atoms with van der Waals surface area (Å²) in [7, 11) is 3.37. The third-order valence-corrected chi connectivity index (χ3v) is 3.51. The fourth-order valence-corrected chi connectivity index (χ4v) is 2.31. The van der Waals surface area contributed by atoms with Gasteiger partial charge in [-0.1, -0.05) is 0 Å². The SMILES string of the molecule is COc1cc(C2CNC(C)(C)CO2)c(OC)cc1C. The minimum absolute atomic E-state index is 0.00234. The van der Waals surface area contributed by atoms with E-state index in [0.29, 0.717) is 6.61 Å². The Kier molecular flexibility index (Phi) is 4.02. The summed E-state index contributed by atoms with van der Waals surface area (Å²) in [5, 5.41) is 3.49. The lowest BCUT2D eigenvalue weighted by Gasteiger charge is -2.36. The van der Waals surface area contributed by atoms with Crippen LogP contribution in [0.2, 0.25) is 0 Å². The third kappa shape index (κ3) is 3.01. The molecule has 1 fully saturated rings.